The van der Waals surface area contributed by atoms with Gasteiger partial charge in [0.2, 0.25) is 17.7 Å². The molecule has 290 valence electrons. The summed E-state index contributed by atoms with van der Waals surface area (Å²) in [5.74, 6) is -4.61. The van der Waals surface area contributed by atoms with Gasteiger partial charge in [0.15, 0.2) is 5.69 Å². The lowest BCUT2D eigenvalue weighted by Gasteiger charge is -2.36. The number of anilines is 2. The minimum absolute atomic E-state index is 0.0420. The van der Waals surface area contributed by atoms with Crippen LogP contribution in [-0.4, -0.2) is 82.7 Å². The molecular weight excluding hydrogens is 714 g/mol. The highest BCUT2D eigenvalue weighted by Gasteiger charge is 2.78. The third-order valence-electron chi connectivity index (χ3n) is 13.1. The van der Waals surface area contributed by atoms with Crippen LogP contribution in [0.1, 0.15) is 92.1 Å². The summed E-state index contributed by atoms with van der Waals surface area (Å²) in [6, 6.07) is 5.16. The van der Waals surface area contributed by atoms with Crippen LogP contribution >= 0.6 is 0 Å². The highest BCUT2D eigenvalue weighted by Crippen LogP contribution is 2.70. The Balaban J connectivity index is 0.754. The number of hydrogen-bond acceptors (Lipinski definition) is 8. The Kier molecular flexibility index (Phi) is 8.27. The lowest BCUT2D eigenvalue weighted by Crippen LogP contribution is -2.44. The number of halogens is 2. The van der Waals surface area contributed by atoms with Crippen LogP contribution in [-0.2, 0) is 34.3 Å². The zero-order chi connectivity index (χ0) is 38.4. The monoisotopic (exact) mass is 758 g/mol. The number of H-pyrrole nitrogens is 1. The zero-order valence-corrected chi connectivity index (χ0v) is 30.7. The Morgan fingerprint density at radius 1 is 0.982 bits per heavy atom. The van der Waals surface area contributed by atoms with E-state index in [0.717, 1.165) is 44.2 Å². The molecule has 0 radical (unpaired) electrons. The molecule has 2 saturated carbocycles. The van der Waals surface area contributed by atoms with E-state index in [0.29, 0.717) is 41.1 Å². The van der Waals surface area contributed by atoms with Gasteiger partial charge in [0.25, 0.3) is 11.8 Å². The number of rotatable bonds is 7. The fourth-order valence-electron chi connectivity index (χ4n) is 9.60. The second-order valence-corrected chi connectivity index (χ2v) is 16.3. The summed E-state index contributed by atoms with van der Waals surface area (Å²) in [5, 5.41) is 20.2. The van der Waals surface area contributed by atoms with Gasteiger partial charge in [-0.1, -0.05) is 6.92 Å². The molecular formula is C38H44F2N10O5. The van der Waals surface area contributed by atoms with Crippen molar-refractivity contribution < 1.29 is 28.0 Å². The van der Waals surface area contributed by atoms with Gasteiger partial charge in [-0.25, -0.2) is 13.6 Å². The van der Waals surface area contributed by atoms with Crippen LogP contribution in [0.3, 0.4) is 0 Å². The van der Waals surface area contributed by atoms with E-state index in [1.165, 1.54) is 9.13 Å². The fraction of sp³-hybridized carbons (Fsp3) is 0.553. The van der Waals surface area contributed by atoms with E-state index < -0.39 is 35.1 Å². The highest BCUT2D eigenvalue weighted by molar-refractivity contribution is 6.04. The van der Waals surface area contributed by atoms with Gasteiger partial charge in [0, 0.05) is 79.4 Å². The highest BCUT2D eigenvalue weighted by atomic mass is 19.3. The molecule has 5 aliphatic rings. The Labute approximate surface area is 314 Å². The third-order valence-corrected chi connectivity index (χ3v) is 13.1. The van der Waals surface area contributed by atoms with Gasteiger partial charge in [-0.3, -0.25) is 43.4 Å². The van der Waals surface area contributed by atoms with E-state index in [1.54, 1.807) is 26.4 Å². The zero-order valence-electron chi connectivity index (χ0n) is 30.7. The second kappa shape index (κ2) is 12.9. The summed E-state index contributed by atoms with van der Waals surface area (Å²) in [6.45, 7) is 2.82. The van der Waals surface area contributed by atoms with Crippen LogP contribution < -0.4 is 21.6 Å². The van der Waals surface area contributed by atoms with Crippen molar-refractivity contribution in [1.29, 1.82) is 0 Å². The number of hydrogen-bond donors (Lipinski definition) is 4. The van der Waals surface area contributed by atoms with Crippen LogP contribution in [0.15, 0.2) is 35.4 Å². The van der Waals surface area contributed by atoms with Gasteiger partial charge in [-0.15, -0.1) is 0 Å². The number of alkyl halides is 2. The number of amides is 4. The number of imide groups is 1. The molecule has 0 bridgehead atoms. The first-order valence-electron chi connectivity index (χ1n) is 19.2. The maximum Gasteiger partial charge on any atom is 0.329 e. The fourth-order valence-corrected chi connectivity index (χ4v) is 9.60. The average molecular weight is 759 g/mol. The maximum atomic E-state index is 14.4. The van der Waals surface area contributed by atoms with Gasteiger partial charge < -0.3 is 15.5 Å². The molecule has 4 N–H and O–H groups in total. The van der Waals surface area contributed by atoms with E-state index in [-0.39, 0.29) is 66.9 Å². The quantitative estimate of drug-likeness (QED) is 0.206. The minimum atomic E-state index is -2.74. The van der Waals surface area contributed by atoms with E-state index in [9.17, 15) is 32.8 Å². The molecule has 4 amide bonds. The molecule has 2 saturated heterocycles. The standard InChI is InChI=1S/C38H44F2N10O5/c1-37-17-26-25(16-30(37)38(37,39)40)32(46-45-26)34(53)43-23-18-41-49(19-23)24-11-13-48(14-12-24)35(54)20-3-5-21(6-4-20)42-22-7-8-27-29(15-22)47(2)36(55)50(27)28-9-10-31(51)44-33(28)52/h7-8,15,18-21,24,28,30,42H,3-6,9-14,16-17H2,1-2H3,(H,43,53)(H,45,46)(H,44,51,52)/t20?,21?,28-,30+,37-/m1/s1. The number of aryl methyl sites for hydroxylation is 1. The number of imidazole rings is 1. The molecule has 3 aliphatic carbocycles. The van der Waals surface area contributed by atoms with Crippen molar-refractivity contribution in [2.24, 2.45) is 24.3 Å². The predicted molar refractivity (Wildman–Crippen MR) is 196 cm³/mol. The largest absolute Gasteiger partial charge is 0.382 e. The summed E-state index contributed by atoms with van der Waals surface area (Å²) in [6.07, 6.45) is 8.77. The molecule has 9 rings (SSSR count). The first kappa shape index (κ1) is 35.4. The van der Waals surface area contributed by atoms with Crippen molar-refractivity contribution in [3.63, 3.8) is 0 Å². The third kappa shape index (κ3) is 5.84. The molecule has 3 aromatic heterocycles. The van der Waals surface area contributed by atoms with Crippen LogP contribution in [0.5, 0.6) is 0 Å². The van der Waals surface area contributed by atoms with E-state index in [4.69, 9.17) is 0 Å². The van der Waals surface area contributed by atoms with E-state index in [2.05, 4.69) is 31.2 Å². The molecule has 5 heterocycles. The SMILES string of the molecule is Cn1c(=O)n([C@@H]2CCC(=O)NC2=O)c2ccc(NC3CCC(C(=O)N4CCC(n5cc(NC(=O)c6n[nH]c7c6C[C@@H]6C(F)(F)[C@]6(C)C7)cn5)CC4)CC3)cc21. The Morgan fingerprint density at radius 3 is 2.49 bits per heavy atom. The number of likely N-dealkylation sites (tertiary alicyclic amines) is 1. The molecule has 17 heteroatoms. The number of fused-ring (bicyclic) bond motifs is 3. The first-order chi connectivity index (χ1) is 26.3. The minimum Gasteiger partial charge on any atom is -0.382 e. The summed E-state index contributed by atoms with van der Waals surface area (Å²) >= 11 is 0. The van der Waals surface area contributed by atoms with Crippen LogP contribution in [0.2, 0.25) is 0 Å². The van der Waals surface area contributed by atoms with Gasteiger partial charge in [0.1, 0.15) is 6.04 Å². The Morgan fingerprint density at radius 2 is 1.75 bits per heavy atom. The number of aromatic nitrogens is 6. The second-order valence-electron chi connectivity index (χ2n) is 16.3. The number of nitrogens with zero attached hydrogens (tertiary/aromatic N) is 6. The summed E-state index contributed by atoms with van der Waals surface area (Å²) < 4.78 is 33.5. The van der Waals surface area contributed by atoms with Crippen molar-refractivity contribution in [3.05, 3.63) is 58.0 Å². The topological polar surface area (TPSA) is 181 Å². The number of piperidine rings is 2. The number of benzene rings is 1. The number of carbonyl (C=O) groups is 4. The van der Waals surface area contributed by atoms with E-state index >= 15 is 0 Å². The smallest absolute Gasteiger partial charge is 0.329 e. The summed E-state index contributed by atoms with van der Waals surface area (Å²) in [5.41, 5.74) is 2.63. The van der Waals surface area contributed by atoms with Crippen molar-refractivity contribution in [3.8, 4) is 0 Å². The summed E-state index contributed by atoms with van der Waals surface area (Å²) in [7, 11) is 1.68. The maximum absolute atomic E-state index is 14.4. The van der Waals surface area contributed by atoms with Crippen molar-refractivity contribution in [1.82, 2.24) is 39.3 Å². The molecule has 0 spiro atoms. The van der Waals surface area contributed by atoms with Crippen molar-refractivity contribution >= 4 is 46.0 Å². The number of carbonyl (C=O) groups excluding carboxylic acids is 4. The molecule has 2 aliphatic heterocycles. The van der Waals surface area contributed by atoms with Gasteiger partial charge in [0.05, 0.1) is 29.0 Å². The van der Waals surface area contributed by atoms with Crippen LogP contribution in [0, 0.1) is 17.3 Å². The summed E-state index contributed by atoms with van der Waals surface area (Å²) in [4.78, 5) is 66.0. The molecule has 4 aromatic rings. The van der Waals surface area contributed by atoms with Crippen LogP contribution in [0.4, 0.5) is 20.2 Å². The Hall–Kier alpha value is -5.35. The molecule has 0 unspecified atom stereocenters. The van der Waals surface area contributed by atoms with Gasteiger partial charge >= 0.3 is 5.69 Å². The van der Waals surface area contributed by atoms with Crippen molar-refractivity contribution in [2.75, 3.05) is 23.7 Å². The lowest BCUT2D eigenvalue weighted by molar-refractivity contribution is -0.138. The Bertz CT molecular complexity index is 2290. The molecule has 3 atom stereocenters. The van der Waals surface area contributed by atoms with Gasteiger partial charge in [-0.2, -0.15) is 10.2 Å². The molecule has 1 aromatic carbocycles. The molecule has 4 fully saturated rings. The molecule has 55 heavy (non-hydrogen) atoms. The average Bonchev–Trinajstić information content (AvgIpc) is 3.68. The molecule has 15 nitrogen and oxygen atoms in total. The lowest BCUT2D eigenvalue weighted by atomic mass is 9.84. The number of nitrogens with one attached hydrogen (secondary N) is 4. The predicted octanol–water partition coefficient (Wildman–Crippen LogP) is 3.69. The van der Waals surface area contributed by atoms with Crippen molar-refractivity contribution in [2.45, 2.75) is 95.2 Å². The normalized spacial score (nSPS) is 27.7. The van der Waals surface area contributed by atoms with Crippen LogP contribution in [0.25, 0.3) is 11.0 Å². The number of aromatic amines is 1. The van der Waals surface area contributed by atoms with E-state index in [1.807, 2.05) is 27.8 Å². The van der Waals surface area contributed by atoms with Gasteiger partial charge in [-0.05, 0) is 69.6 Å². The first-order valence-corrected chi connectivity index (χ1v) is 19.2.